The van der Waals surface area contributed by atoms with Gasteiger partial charge in [-0.05, 0) is 12.1 Å². The van der Waals surface area contributed by atoms with E-state index in [4.69, 9.17) is 11.5 Å². The number of hydrogen-bond donors (Lipinski definition) is 2. The average molecular weight is 261 g/mol. The fraction of sp³-hybridized carbons (Fsp3) is 0.111. The first-order chi connectivity index (χ1) is 7.79. The van der Waals surface area contributed by atoms with Crippen molar-refractivity contribution in [2.45, 2.75) is 6.18 Å². The topological polar surface area (TPSA) is 82.0 Å². The predicted molar refractivity (Wildman–Crippen MR) is 57.6 cm³/mol. The van der Waals surface area contributed by atoms with Gasteiger partial charge in [0.25, 0.3) is 5.91 Å². The molecule has 0 fully saturated rings. The van der Waals surface area contributed by atoms with Crippen LogP contribution in [-0.4, -0.2) is 10.9 Å². The normalized spacial score (nSPS) is 11.9. The number of nitrogens with two attached hydrogens (primary N) is 2. The van der Waals surface area contributed by atoms with Gasteiger partial charge in [-0.25, -0.2) is 4.98 Å². The highest BCUT2D eigenvalue weighted by molar-refractivity contribution is 7.20. The first-order valence-electron chi connectivity index (χ1n) is 4.36. The van der Waals surface area contributed by atoms with Crippen LogP contribution in [0.4, 0.5) is 18.9 Å². The van der Waals surface area contributed by atoms with Crippen LogP contribution in [0.15, 0.2) is 12.1 Å². The van der Waals surface area contributed by atoms with E-state index in [2.05, 4.69) is 4.98 Å². The summed E-state index contributed by atoms with van der Waals surface area (Å²) in [6.45, 7) is 0. The molecule has 0 spiro atoms. The molecular weight excluding hydrogens is 255 g/mol. The number of halogens is 3. The molecule has 2 aromatic rings. The van der Waals surface area contributed by atoms with Gasteiger partial charge in [0.15, 0.2) is 5.01 Å². The van der Waals surface area contributed by atoms with Gasteiger partial charge in [-0.1, -0.05) is 0 Å². The van der Waals surface area contributed by atoms with Crippen molar-refractivity contribution in [2.75, 3.05) is 5.73 Å². The second-order valence-corrected chi connectivity index (χ2v) is 4.29. The molecule has 1 aromatic carbocycles. The van der Waals surface area contributed by atoms with Crippen LogP contribution in [-0.2, 0) is 6.18 Å². The zero-order chi connectivity index (χ0) is 12.8. The van der Waals surface area contributed by atoms with Gasteiger partial charge in [0.1, 0.15) is 0 Å². The van der Waals surface area contributed by atoms with Crippen molar-refractivity contribution in [2.24, 2.45) is 5.73 Å². The molecular formula is C9H6F3N3OS. The first kappa shape index (κ1) is 11.6. The largest absolute Gasteiger partial charge is 0.416 e. The van der Waals surface area contributed by atoms with Crippen LogP contribution < -0.4 is 11.5 Å². The molecule has 0 bridgehead atoms. The number of alkyl halides is 3. The standard InChI is InChI=1S/C9H6F3N3OS/c10-9(11,12)3-1-4(13)6-5(2-3)15-8(17-6)7(14)16/h1-2H,13H2,(H2,14,16). The summed E-state index contributed by atoms with van der Waals surface area (Å²) in [7, 11) is 0. The molecule has 90 valence electrons. The van der Waals surface area contributed by atoms with E-state index in [0.717, 1.165) is 23.5 Å². The SMILES string of the molecule is NC(=O)c1nc2cc(C(F)(F)F)cc(N)c2s1. The van der Waals surface area contributed by atoms with Crippen LogP contribution in [0.2, 0.25) is 0 Å². The fourth-order valence-electron chi connectivity index (χ4n) is 1.33. The number of hydrogen-bond acceptors (Lipinski definition) is 4. The summed E-state index contributed by atoms with van der Waals surface area (Å²) in [6.07, 6.45) is -4.50. The Kier molecular flexibility index (Phi) is 2.46. The van der Waals surface area contributed by atoms with Crippen molar-refractivity contribution in [3.05, 3.63) is 22.7 Å². The lowest BCUT2D eigenvalue weighted by Gasteiger charge is -2.07. The molecule has 4 N–H and O–H groups in total. The number of amides is 1. The number of thiazole rings is 1. The number of anilines is 1. The zero-order valence-corrected chi connectivity index (χ0v) is 9.02. The smallest absolute Gasteiger partial charge is 0.398 e. The van der Waals surface area contributed by atoms with Crippen molar-refractivity contribution in [3.8, 4) is 0 Å². The third-order valence-electron chi connectivity index (χ3n) is 2.06. The van der Waals surface area contributed by atoms with Gasteiger partial charge < -0.3 is 11.5 Å². The molecule has 1 heterocycles. The number of nitrogen functional groups attached to an aromatic ring is 1. The maximum Gasteiger partial charge on any atom is 0.416 e. The molecule has 1 amide bonds. The highest BCUT2D eigenvalue weighted by Crippen LogP contribution is 2.36. The molecule has 0 unspecified atom stereocenters. The summed E-state index contributed by atoms with van der Waals surface area (Å²) in [5.74, 6) is -0.792. The summed E-state index contributed by atoms with van der Waals surface area (Å²) < 4.78 is 37.8. The summed E-state index contributed by atoms with van der Waals surface area (Å²) in [6, 6.07) is 1.65. The van der Waals surface area contributed by atoms with Gasteiger partial charge in [-0.3, -0.25) is 4.79 Å². The van der Waals surface area contributed by atoms with Gasteiger partial charge in [0.2, 0.25) is 0 Å². The molecule has 0 aliphatic heterocycles. The van der Waals surface area contributed by atoms with Gasteiger partial charge in [-0.2, -0.15) is 13.2 Å². The molecule has 0 saturated carbocycles. The number of rotatable bonds is 1. The third kappa shape index (κ3) is 2.03. The number of aromatic nitrogens is 1. The number of nitrogens with zero attached hydrogens (tertiary/aromatic N) is 1. The number of primary amides is 1. The molecule has 0 atom stereocenters. The van der Waals surface area contributed by atoms with E-state index in [1.165, 1.54) is 0 Å². The summed E-state index contributed by atoms with van der Waals surface area (Å²) in [5, 5.41) is -0.0639. The van der Waals surface area contributed by atoms with E-state index in [9.17, 15) is 18.0 Å². The Bertz CT molecular complexity index is 605. The van der Waals surface area contributed by atoms with Crippen LogP contribution in [0.1, 0.15) is 15.4 Å². The fourth-order valence-corrected chi connectivity index (χ4v) is 2.15. The highest BCUT2D eigenvalue weighted by Gasteiger charge is 2.31. The van der Waals surface area contributed by atoms with Crippen LogP contribution >= 0.6 is 11.3 Å². The Balaban J connectivity index is 2.69. The highest BCUT2D eigenvalue weighted by atomic mass is 32.1. The Morgan fingerprint density at radius 3 is 2.53 bits per heavy atom. The lowest BCUT2D eigenvalue weighted by Crippen LogP contribution is -2.09. The monoisotopic (exact) mass is 261 g/mol. The van der Waals surface area contributed by atoms with Gasteiger partial charge in [0, 0.05) is 0 Å². The Morgan fingerprint density at radius 1 is 1.35 bits per heavy atom. The van der Waals surface area contributed by atoms with E-state index in [1.54, 1.807) is 0 Å². The van der Waals surface area contributed by atoms with Crippen LogP contribution in [0, 0.1) is 0 Å². The summed E-state index contributed by atoms with van der Waals surface area (Å²) in [4.78, 5) is 14.6. The Labute approximate surface area is 97.0 Å². The molecule has 0 aliphatic rings. The molecule has 0 saturated heterocycles. The van der Waals surface area contributed by atoms with E-state index >= 15 is 0 Å². The Hall–Kier alpha value is -1.83. The summed E-state index contributed by atoms with van der Waals surface area (Å²) >= 11 is 0.873. The average Bonchev–Trinajstić information content (AvgIpc) is 2.60. The minimum absolute atomic E-state index is 0.0242. The van der Waals surface area contributed by atoms with Crippen LogP contribution in [0.5, 0.6) is 0 Å². The molecule has 8 heteroatoms. The quantitative estimate of drug-likeness (QED) is 0.770. The molecule has 1 aromatic heterocycles. The van der Waals surface area contributed by atoms with E-state index in [0.29, 0.717) is 4.70 Å². The second-order valence-electron chi connectivity index (χ2n) is 3.29. The maximum absolute atomic E-state index is 12.5. The van der Waals surface area contributed by atoms with Crippen molar-refractivity contribution in [1.82, 2.24) is 4.98 Å². The first-order valence-corrected chi connectivity index (χ1v) is 5.18. The summed E-state index contributed by atoms with van der Waals surface area (Å²) in [5.41, 5.74) is 9.54. The number of carbonyl (C=O) groups excluding carboxylic acids is 1. The molecule has 4 nitrogen and oxygen atoms in total. The lowest BCUT2D eigenvalue weighted by molar-refractivity contribution is -0.137. The van der Waals surface area contributed by atoms with Crippen molar-refractivity contribution in [1.29, 1.82) is 0 Å². The van der Waals surface area contributed by atoms with Crippen molar-refractivity contribution >= 4 is 33.1 Å². The molecule has 0 radical (unpaired) electrons. The van der Waals surface area contributed by atoms with E-state index < -0.39 is 17.6 Å². The molecule has 17 heavy (non-hydrogen) atoms. The molecule has 0 aliphatic carbocycles. The minimum atomic E-state index is -4.50. The number of fused-ring (bicyclic) bond motifs is 1. The Morgan fingerprint density at radius 2 is 2.00 bits per heavy atom. The predicted octanol–water partition coefficient (Wildman–Crippen LogP) is 2.00. The number of benzene rings is 1. The van der Waals surface area contributed by atoms with Crippen LogP contribution in [0.25, 0.3) is 10.2 Å². The van der Waals surface area contributed by atoms with E-state index in [-0.39, 0.29) is 16.2 Å². The van der Waals surface area contributed by atoms with Crippen molar-refractivity contribution in [3.63, 3.8) is 0 Å². The second kappa shape index (κ2) is 3.59. The van der Waals surface area contributed by atoms with Gasteiger partial charge >= 0.3 is 6.18 Å². The number of carbonyl (C=O) groups is 1. The molecule has 2 rings (SSSR count). The van der Waals surface area contributed by atoms with Gasteiger partial charge in [-0.15, -0.1) is 11.3 Å². The lowest BCUT2D eigenvalue weighted by atomic mass is 10.2. The maximum atomic E-state index is 12.5. The van der Waals surface area contributed by atoms with E-state index in [1.807, 2.05) is 0 Å². The van der Waals surface area contributed by atoms with Crippen LogP contribution in [0.3, 0.4) is 0 Å². The van der Waals surface area contributed by atoms with Gasteiger partial charge in [0.05, 0.1) is 21.5 Å². The zero-order valence-electron chi connectivity index (χ0n) is 8.21. The van der Waals surface area contributed by atoms with Crippen molar-refractivity contribution < 1.29 is 18.0 Å². The minimum Gasteiger partial charge on any atom is -0.398 e. The third-order valence-corrected chi connectivity index (χ3v) is 3.19.